The summed E-state index contributed by atoms with van der Waals surface area (Å²) in [6.07, 6.45) is -1.31. The van der Waals surface area contributed by atoms with E-state index in [0.717, 1.165) is 0 Å². The van der Waals surface area contributed by atoms with E-state index < -0.39 is 24.9 Å². The molecule has 0 spiro atoms. The minimum absolute atomic E-state index is 0.389. The number of nitrogen functional groups attached to an aromatic ring is 1. The molecule has 0 aliphatic rings. The number of anilines is 1. The van der Waals surface area contributed by atoms with Crippen LogP contribution in [0.5, 0.6) is 5.75 Å². The Labute approximate surface area is 147 Å². The number of nitrogens with two attached hydrogens (primary N) is 1. The van der Waals surface area contributed by atoms with Crippen LogP contribution in [-0.2, 0) is 4.79 Å². The van der Waals surface area contributed by atoms with Crippen molar-refractivity contribution in [1.29, 1.82) is 0 Å². The highest BCUT2D eigenvalue weighted by Gasteiger charge is 2.26. The second-order valence-electron chi connectivity index (χ2n) is 5.74. The molecule has 3 atom stereocenters. The highest BCUT2D eigenvalue weighted by Crippen LogP contribution is 2.19. The molecule has 0 aromatic heterocycles. The van der Waals surface area contributed by atoms with Gasteiger partial charge in [0.25, 0.3) is 5.91 Å². The fourth-order valence-corrected chi connectivity index (χ4v) is 2.41. The third-order valence-electron chi connectivity index (χ3n) is 3.87. The van der Waals surface area contributed by atoms with Crippen LogP contribution in [0.2, 0.25) is 0 Å². The number of carbonyl (C=O) groups excluding carboxylic acids is 1. The van der Waals surface area contributed by atoms with Crippen molar-refractivity contribution in [3.63, 3.8) is 0 Å². The van der Waals surface area contributed by atoms with Crippen molar-refractivity contribution < 1.29 is 19.7 Å². The highest BCUT2D eigenvalue weighted by atomic mass is 16.5. The molecule has 0 fully saturated rings. The van der Waals surface area contributed by atoms with Crippen molar-refractivity contribution in [2.24, 2.45) is 0 Å². The Morgan fingerprint density at radius 3 is 2.36 bits per heavy atom. The molecule has 0 saturated heterocycles. The average molecular weight is 344 g/mol. The number of amides is 1. The summed E-state index contributed by atoms with van der Waals surface area (Å²) in [6, 6.07) is 14.8. The van der Waals surface area contributed by atoms with Crippen LogP contribution >= 0.6 is 0 Å². The van der Waals surface area contributed by atoms with Gasteiger partial charge in [-0.15, -0.1) is 0 Å². The Morgan fingerprint density at radius 2 is 1.80 bits per heavy atom. The highest BCUT2D eigenvalue weighted by molar-refractivity contribution is 5.81. The summed E-state index contributed by atoms with van der Waals surface area (Å²) in [6.45, 7) is 1.43. The molecule has 2 rings (SSSR count). The van der Waals surface area contributed by atoms with Gasteiger partial charge in [0.2, 0.25) is 0 Å². The third-order valence-corrected chi connectivity index (χ3v) is 3.87. The zero-order valence-electron chi connectivity index (χ0n) is 14.1. The Kier molecular flexibility index (Phi) is 6.80. The largest absolute Gasteiger partial charge is 0.481 e. The van der Waals surface area contributed by atoms with E-state index >= 15 is 0 Å². The standard InChI is InChI=1S/C19H24N2O4/c1-2-17(25-15-6-4-3-5-7-15)19(24)21-16(12-22)18(23)13-8-10-14(20)11-9-13/h3-11,16-18,22-23H,2,12,20H2,1H3,(H,21,24). The number of rotatable bonds is 8. The van der Waals surface area contributed by atoms with Crippen LogP contribution in [-0.4, -0.2) is 34.9 Å². The molecule has 134 valence electrons. The van der Waals surface area contributed by atoms with E-state index in [1.54, 1.807) is 36.4 Å². The molecule has 0 aliphatic carbocycles. The molecule has 0 heterocycles. The Balaban J connectivity index is 2.03. The van der Waals surface area contributed by atoms with Gasteiger partial charge >= 0.3 is 0 Å². The van der Waals surface area contributed by atoms with E-state index in [0.29, 0.717) is 23.4 Å². The number of aliphatic hydroxyl groups excluding tert-OH is 2. The minimum atomic E-state index is -1.05. The number of hydrogen-bond acceptors (Lipinski definition) is 5. The molecule has 0 saturated carbocycles. The molecule has 0 aliphatic heterocycles. The van der Waals surface area contributed by atoms with E-state index in [9.17, 15) is 15.0 Å². The van der Waals surface area contributed by atoms with Gasteiger partial charge in [-0.05, 0) is 36.2 Å². The van der Waals surface area contributed by atoms with Crippen LogP contribution in [0.4, 0.5) is 5.69 Å². The van der Waals surface area contributed by atoms with Gasteiger partial charge < -0.3 is 26.0 Å². The summed E-state index contributed by atoms with van der Waals surface area (Å²) in [5.41, 5.74) is 6.76. The Hall–Kier alpha value is -2.57. The molecular weight excluding hydrogens is 320 g/mol. The molecule has 6 heteroatoms. The SMILES string of the molecule is CCC(Oc1ccccc1)C(=O)NC(CO)C(O)c1ccc(N)cc1. The molecule has 2 aromatic rings. The van der Waals surface area contributed by atoms with Crippen molar-refractivity contribution >= 4 is 11.6 Å². The van der Waals surface area contributed by atoms with E-state index in [2.05, 4.69) is 5.32 Å². The van der Waals surface area contributed by atoms with Crippen molar-refractivity contribution in [3.05, 3.63) is 60.2 Å². The Bertz CT molecular complexity index is 661. The van der Waals surface area contributed by atoms with Gasteiger partial charge in [-0.3, -0.25) is 4.79 Å². The molecule has 6 nitrogen and oxygen atoms in total. The molecule has 3 unspecified atom stereocenters. The first-order valence-corrected chi connectivity index (χ1v) is 8.21. The van der Waals surface area contributed by atoms with Gasteiger partial charge in [-0.2, -0.15) is 0 Å². The number of para-hydroxylation sites is 1. The molecule has 0 radical (unpaired) electrons. The number of ether oxygens (including phenoxy) is 1. The second-order valence-corrected chi connectivity index (χ2v) is 5.74. The second kappa shape index (κ2) is 9.05. The van der Waals surface area contributed by atoms with Crippen LogP contribution in [0.25, 0.3) is 0 Å². The summed E-state index contributed by atoms with van der Waals surface area (Å²) in [5.74, 6) is 0.198. The van der Waals surface area contributed by atoms with Gasteiger partial charge in [0.1, 0.15) is 11.9 Å². The summed E-state index contributed by atoms with van der Waals surface area (Å²) < 4.78 is 5.68. The van der Waals surface area contributed by atoms with Crippen molar-refractivity contribution in [2.75, 3.05) is 12.3 Å². The zero-order valence-corrected chi connectivity index (χ0v) is 14.1. The number of hydrogen-bond donors (Lipinski definition) is 4. The zero-order chi connectivity index (χ0) is 18.2. The number of carbonyl (C=O) groups is 1. The van der Waals surface area contributed by atoms with Gasteiger partial charge in [-0.1, -0.05) is 37.3 Å². The first-order chi connectivity index (χ1) is 12.0. The van der Waals surface area contributed by atoms with Crippen LogP contribution < -0.4 is 15.8 Å². The predicted octanol–water partition coefficient (Wildman–Crippen LogP) is 1.64. The average Bonchev–Trinajstić information content (AvgIpc) is 2.64. The fourth-order valence-electron chi connectivity index (χ4n) is 2.41. The molecular formula is C19H24N2O4. The van der Waals surface area contributed by atoms with Gasteiger partial charge in [0.15, 0.2) is 6.10 Å². The molecule has 1 amide bonds. The van der Waals surface area contributed by atoms with Crippen molar-refractivity contribution in [2.45, 2.75) is 31.6 Å². The lowest BCUT2D eigenvalue weighted by atomic mass is 10.0. The lowest BCUT2D eigenvalue weighted by Gasteiger charge is -2.25. The lowest BCUT2D eigenvalue weighted by molar-refractivity contribution is -0.130. The summed E-state index contributed by atoms with van der Waals surface area (Å²) >= 11 is 0. The third kappa shape index (κ3) is 5.20. The topological polar surface area (TPSA) is 105 Å². The minimum Gasteiger partial charge on any atom is -0.481 e. The van der Waals surface area contributed by atoms with Gasteiger partial charge in [0, 0.05) is 5.69 Å². The number of nitrogens with one attached hydrogen (secondary N) is 1. The first-order valence-electron chi connectivity index (χ1n) is 8.21. The fraction of sp³-hybridized carbons (Fsp3) is 0.316. The first kappa shape index (κ1) is 18.8. The van der Waals surface area contributed by atoms with E-state index in [4.69, 9.17) is 10.5 Å². The maximum Gasteiger partial charge on any atom is 0.261 e. The van der Waals surface area contributed by atoms with Crippen molar-refractivity contribution in [1.82, 2.24) is 5.32 Å². The Morgan fingerprint density at radius 1 is 1.16 bits per heavy atom. The number of benzene rings is 2. The van der Waals surface area contributed by atoms with Crippen molar-refractivity contribution in [3.8, 4) is 5.75 Å². The summed E-state index contributed by atoms with van der Waals surface area (Å²) in [7, 11) is 0. The maximum atomic E-state index is 12.5. The lowest BCUT2D eigenvalue weighted by Crippen LogP contribution is -2.47. The van der Waals surface area contributed by atoms with Crippen LogP contribution in [0.3, 0.4) is 0 Å². The molecule has 5 N–H and O–H groups in total. The summed E-state index contributed by atoms with van der Waals surface area (Å²) in [5, 5.41) is 22.6. The van der Waals surface area contributed by atoms with Gasteiger partial charge in [-0.25, -0.2) is 0 Å². The van der Waals surface area contributed by atoms with E-state index in [1.807, 2.05) is 25.1 Å². The van der Waals surface area contributed by atoms with Gasteiger partial charge in [0.05, 0.1) is 12.6 Å². The van der Waals surface area contributed by atoms with Crippen LogP contribution in [0, 0.1) is 0 Å². The molecule has 25 heavy (non-hydrogen) atoms. The number of aliphatic hydroxyl groups is 2. The van der Waals surface area contributed by atoms with Crippen LogP contribution in [0.1, 0.15) is 25.0 Å². The maximum absolute atomic E-state index is 12.5. The smallest absolute Gasteiger partial charge is 0.261 e. The monoisotopic (exact) mass is 344 g/mol. The molecule has 2 aromatic carbocycles. The summed E-state index contributed by atoms with van der Waals surface area (Å²) in [4.78, 5) is 12.5. The normalized spacial score (nSPS) is 14.4. The van der Waals surface area contributed by atoms with E-state index in [1.165, 1.54) is 0 Å². The molecule has 0 bridgehead atoms. The quantitative estimate of drug-likeness (QED) is 0.545. The van der Waals surface area contributed by atoms with E-state index in [-0.39, 0.29) is 5.91 Å². The predicted molar refractivity (Wildman–Crippen MR) is 96.0 cm³/mol. The van der Waals surface area contributed by atoms with Crippen LogP contribution in [0.15, 0.2) is 54.6 Å².